The molecule has 0 bridgehead atoms. The second-order valence-electron chi connectivity index (χ2n) is 4.64. The van der Waals surface area contributed by atoms with E-state index in [0.717, 1.165) is 0 Å². The third kappa shape index (κ3) is 2.71. The van der Waals surface area contributed by atoms with Crippen LogP contribution in [0.15, 0.2) is 42.9 Å². The Labute approximate surface area is 125 Å². The molecule has 0 spiro atoms. The standard InChI is InChI=1S/C14H13FN6O/c1-20-9-17-18-13(20)8-16-14(22)11-6-7-21(19-11)12-5-3-2-4-10(12)15/h2-7,9H,8H2,1H3,(H,16,22). The molecule has 1 amide bonds. The Morgan fingerprint density at radius 3 is 2.86 bits per heavy atom. The van der Waals surface area contributed by atoms with Gasteiger partial charge in [0.2, 0.25) is 0 Å². The summed E-state index contributed by atoms with van der Waals surface area (Å²) in [5.74, 6) is -0.142. The lowest BCUT2D eigenvalue weighted by Crippen LogP contribution is -2.25. The molecule has 3 aromatic rings. The minimum atomic E-state index is -0.406. The Kier molecular flexibility index (Phi) is 3.65. The van der Waals surface area contributed by atoms with E-state index in [1.54, 1.807) is 36.1 Å². The predicted octanol–water partition coefficient (Wildman–Crippen LogP) is 1.07. The van der Waals surface area contributed by atoms with E-state index in [4.69, 9.17) is 0 Å². The van der Waals surface area contributed by atoms with Crippen molar-refractivity contribution in [3.8, 4) is 5.69 Å². The third-order valence-corrected chi connectivity index (χ3v) is 3.13. The first-order valence-corrected chi connectivity index (χ1v) is 6.57. The van der Waals surface area contributed by atoms with Gasteiger partial charge in [-0.3, -0.25) is 4.79 Å². The summed E-state index contributed by atoms with van der Waals surface area (Å²) in [5, 5.41) is 14.4. The fourth-order valence-electron chi connectivity index (χ4n) is 1.93. The molecule has 0 unspecified atom stereocenters. The van der Waals surface area contributed by atoms with Gasteiger partial charge in [0.15, 0.2) is 11.5 Å². The van der Waals surface area contributed by atoms with Crippen LogP contribution >= 0.6 is 0 Å². The van der Waals surface area contributed by atoms with Gasteiger partial charge in [0.25, 0.3) is 5.91 Å². The van der Waals surface area contributed by atoms with Crippen molar-refractivity contribution in [3.63, 3.8) is 0 Å². The summed E-state index contributed by atoms with van der Waals surface area (Å²) < 4.78 is 16.7. The summed E-state index contributed by atoms with van der Waals surface area (Å²) in [6, 6.07) is 7.75. The molecule has 0 fully saturated rings. The lowest BCUT2D eigenvalue weighted by Gasteiger charge is -2.03. The van der Waals surface area contributed by atoms with Crippen molar-refractivity contribution in [3.05, 3.63) is 60.2 Å². The Bertz CT molecular complexity index is 809. The van der Waals surface area contributed by atoms with Crippen LogP contribution in [0, 0.1) is 5.82 Å². The van der Waals surface area contributed by atoms with Gasteiger partial charge in [0.1, 0.15) is 17.8 Å². The van der Waals surface area contributed by atoms with Gasteiger partial charge in [-0.2, -0.15) is 5.10 Å². The van der Waals surface area contributed by atoms with Crippen LogP contribution in [0.25, 0.3) is 5.69 Å². The molecule has 0 atom stereocenters. The van der Waals surface area contributed by atoms with Gasteiger partial charge in [-0.05, 0) is 18.2 Å². The van der Waals surface area contributed by atoms with E-state index in [9.17, 15) is 9.18 Å². The molecule has 112 valence electrons. The highest BCUT2D eigenvalue weighted by Gasteiger charge is 2.12. The first-order valence-electron chi connectivity index (χ1n) is 6.57. The number of nitrogens with zero attached hydrogens (tertiary/aromatic N) is 5. The molecule has 22 heavy (non-hydrogen) atoms. The summed E-state index contributed by atoms with van der Waals surface area (Å²) in [6.45, 7) is 0.238. The van der Waals surface area contributed by atoms with Crippen LogP contribution in [-0.4, -0.2) is 30.5 Å². The van der Waals surface area contributed by atoms with E-state index >= 15 is 0 Å². The van der Waals surface area contributed by atoms with Crippen LogP contribution < -0.4 is 5.32 Å². The molecule has 2 heterocycles. The molecule has 3 rings (SSSR count). The lowest BCUT2D eigenvalue weighted by atomic mass is 10.3. The van der Waals surface area contributed by atoms with Gasteiger partial charge in [-0.15, -0.1) is 10.2 Å². The maximum atomic E-state index is 13.7. The number of aromatic nitrogens is 5. The SMILES string of the molecule is Cn1cnnc1CNC(=O)c1ccn(-c2ccccc2F)n1. The van der Waals surface area contributed by atoms with Crippen LogP contribution in [0.5, 0.6) is 0 Å². The molecule has 0 aliphatic heterocycles. The molecule has 0 aliphatic rings. The number of carbonyl (C=O) groups is 1. The maximum absolute atomic E-state index is 13.7. The van der Waals surface area contributed by atoms with Crippen LogP contribution in [0.4, 0.5) is 4.39 Å². The van der Waals surface area contributed by atoms with Gasteiger partial charge in [-0.25, -0.2) is 9.07 Å². The highest BCUT2D eigenvalue weighted by atomic mass is 19.1. The van der Waals surface area contributed by atoms with E-state index in [2.05, 4.69) is 20.6 Å². The van der Waals surface area contributed by atoms with Gasteiger partial charge in [0, 0.05) is 13.2 Å². The summed E-state index contributed by atoms with van der Waals surface area (Å²) in [7, 11) is 1.79. The minimum Gasteiger partial charge on any atom is -0.343 e. The molecule has 2 aromatic heterocycles. The van der Waals surface area contributed by atoms with Crippen LogP contribution in [0.2, 0.25) is 0 Å². The Balaban J connectivity index is 1.72. The van der Waals surface area contributed by atoms with E-state index in [1.165, 1.54) is 23.0 Å². The van der Waals surface area contributed by atoms with E-state index < -0.39 is 5.82 Å². The molecule has 0 radical (unpaired) electrons. The van der Waals surface area contributed by atoms with Gasteiger partial charge in [0.05, 0.1) is 6.54 Å². The van der Waals surface area contributed by atoms with Crippen LogP contribution in [0.1, 0.15) is 16.3 Å². The highest BCUT2D eigenvalue weighted by Crippen LogP contribution is 2.12. The highest BCUT2D eigenvalue weighted by molar-refractivity contribution is 5.92. The average Bonchev–Trinajstić information content (AvgIpc) is 3.14. The van der Waals surface area contributed by atoms with E-state index in [0.29, 0.717) is 5.82 Å². The molecule has 7 nitrogen and oxygen atoms in total. The summed E-state index contributed by atoms with van der Waals surface area (Å²) in [6.07, 6.45) is 3.09. The van der Waals surface area contributed by atoms with E-state index in [-0.39, 0.29) is 23.8 Å². The summed E-state index contributed by atoms with van der Waals surface area (Å²) >= 11 is 0. The fraction of sp³-hybridized carbons (Fsp3) is 0.143. The lowest BCUT2D eigenvalue weighted by molar-refractivity contribution is 0.0944. The zero-order valence-corrected chi connectivity index (χ0v) is 11.8. The molecule has 1 aromatic carbocycles. The Morgan fingerprint density at radius 2 is 2.14 bits per heavy atom. The predicted molar refractivity (Wildman–Crippen MR) is 75.7 cm³/mol. The number of hydrogen-bond acceptors (Lipinski definition) is 4. The zero-order chi connectivity index (χ0) is 15.5. The molecule has 0 saturated heterocycles. The van der Waals surface area contributed by atoms with Gasteiger partial charge >= 0.3 is 0 Å². The first kappa shape index (κ1) is 13.9. The molecular weight excluding hydrogens is 287 g/mol. The Hall–Kier alpha value is -3.03. The van der Waals surface area contributed by atoms with Crippen molar-refractivity contribution < 1.29 is 9.18 Å². The number of para-hydroxylation sites is 1. The fourth-order valence-corrected chi connectivity index (χ4v) is 1.93. The number of aryl methyl sites for hydroxylation is 1. The molecule has 8 heteroatoms. The van der Waals surface area contributed by atoms with Crippen molar-refractivity contribution in [2.45, 2.75) is 6.54 Å². The second kappa shape index (κ2) is 5.76. The third-order valence-electron chi connectivity index (χ3n) is 3.13. The van der Waals surface area contributed by atoms with Crippen molar-refractivity contribution in [1.29, 1.82) is 0 Å². The second-order valence-corrected chi connectivity index (χ2v) is 4.64. The van der Waals surface area contributed by atoms with Crippen molar-refractivity contribution >= 4 is 5.91 Å². The quantitative estimate of drug-likeness (QED) is 0.782. The smallest absolute Gasteiger partial charge is 0.272 e. The largest absolute Gasteiger partial charge is 0.343 e. The number of amides is 1. The zero-order valence-electron chi connectivity index (χ0n) is 11.8. The number of benzene rings is 1. The molecular formula is C14H13FN6O. The maximum Gasteiger partial charge on any atom is 0.272 e. The van der Waals surface area contributed by atoms with Crippen LogP contribution in [0.3, 0.4) is 0 Å². The Morgan fingerprint density at radius 1 is 1.32 bits per heavy atom. The number of hydrogen-bond donors (Lipinski definition) is 1. The van der Waals surface area contributed by atoms with Gasteiger partial charge in [-0.1, -0.05) is 12.1 Å². The van der Waals surface area contributed by atoms with Crippen molar-refractivity contribution in [2.24, 2.45) is 7.05 Å². The number of carbonyl (C=O) groups excluding carboxylic acids is 1. The normalized spacial score (nSPS) is 10.6. The topological polar surface area (TPSA) is 77.6 Å². The average molecular weight is 300 g/mol. The van der Waals surface area contributed by atoms with E-state index in [1.807, 2.05) is 0 Å². The van der Waals surface area contributed by atoms with Crippen LogP contribution in [-0.2, 0) is 13.6 Å². The number of halogens is 1. The van der Waals surface area contributed by atoms with Crippen molar-refractivity contribution in [1.82, 2.24) is 29.9 Å². The summed E-state index contributed by atoms with van der Waals surface area (Å²) in [5.41, 5.74) is 0.486. The number of rotatable bonds is 4. The number of nitrogens with one attached hydrogen (secondary N) is 1. The molecule has 0 saturated carbocycles. The first-order chi connectivity index (χ1) is 10.6. The minimum absolute atomic E-state index is 0.199. The monoisotopic (exact) mass is 300 g/mol. The molecule has 1 N–H and O–H groups in total. The van der Waals surface area contributed by atoms with Crippen molar-refractivity contribution in [2.75, 3.05) is 0 Å². The summed E-state index contributed by atoms with van der Waals surface area (Å²) in [4.78, 5) is 12.0. The molecule has 0 aliphatic carbocycles. The van der Waals surface area contributed by atoms with Gasteiger partial charge < -0.3 is 9.88 Å².